The average molecular weight is 2130 g/mol. The van der Waals surface area contributed by atoms with E-state index in [4.69, 9.17) is 48.7 Å². The second-order valence-corrected chi connectivity index (χ2v) is 39.3. The maximum Gasteiger partial charge on any atom is 0.146 e. The van der Waals surface area contributed by atoms with Crippen LogP contribution in [-0.2, 0) is 48.7 Å². The van der Waals surface area contributed by atoms with Crippen molar-refractivity contribution in [2.24, 2.45) is 11.8 Å². The largest absolute Gasteiger partial charge is 0.424 e. The molecule has 0 N–H and O–H groups in total. The van der Waals surface area contributed by atoms with Crippen molar-refractivity contribution in [3.8, 4) is 0 Å². The molecule has 0 radical (unpaired) electrons. The molecule has 0 amide bonds. The van der Waals surface area contributed by atoms with Crippen LogP contribution in [0.2, 0.25) is 0 Å². The highest BCUT2D eigenvalue weighted by Gasteiger charge is 2.27. The van der Waals surface area contributed by atoms with E-state index >= 15 is 0 Å². The number of hydrogen-bond acceptors (Lipinski definition) is 22. The summed E-state index contributed by atoms with van der Waals surface area (Å²) < 4.78 is 59.4. The Hall–Kier alpha value is 1.51. The van der Waals surface area contributed by atoms with Crippen LogP contribution in [-0.4, -0.2) is 456 Å². The summed E-state index contributed by atoms with van der Waals surface area (Å²) in [5.74, 6) is 1.24. The van der Waals surface area contributed by atoms with Gasteiger partial charge < -0.3 is 103 Å². The predicted octanol–water partition coefficient (Wildman–Crippen LogP) is 13.9. The molecule has 0 aromatic heterocycles. The number of hydrogen-bond donors (Lipinski definition) is 0. The first-order valence-electron chi connectivity index (χ1n) is 41.6. The summed E-state index contributed by atoms with van der Waals surface area (Å²) in [4.78, 5) is 24.6. The van der Waals surface area contributed by atoms with Crippen LogP contribution in [0.3, 0.4) is 0 Å². The Bertz CT molecular complexity index is 1850. The lowest BCUT2D eigenvalue weighted by molar-refractivity contribution is 0.0425. The van der Waals surface area contributed by atoms with Gasteiger partial charge in [0, 0.05) is 72.0 Å². The van der Waals surface area contributed by atoms with Gasteiger partial charge in [0.2, 0.25) is 0 Å². The molecule has 0 bridgehead atoms. The van der Waals surface area contributed by atoms with Crippen LogP contribution >= 0.6 is 0 Å². The van der Waals surface area contributed by atoms with Gasteiger partial charge in [-0.15, -0.1) is 0 Å². The molecule has 0 rings (SSSR count). The Labute approximate surface area is 887 Å². The van der Waals surface area contributed by atoms with E-state index in [9.17, 15) is 0 Å². The van der Waals surface area contributed by atoms with E-state index < -0.39 is 0 Å². The highest BCUT2D eigenvalue weighted by Crippen LogP contribution is 2.21. The Morgan fingerprint density at radius 2 is 0.530 bits per heavy atom. The molecular formula is C99H297N11O11Si11. The normalized spacial score (nSPS) is 11.9. The van der Waals surface area contributed by atoms with Crippen molar-refractivity contribution >= 4 is 115 Å². The molecular weight excluding hydrogens is 1830 g/mol. The van der Waals surface area contributed by atoms with Crippen LogP contribution in [0.25, 0.3) is 0 Å². The summed E-state index contributed by atoms with van der Waals surface area (Å²) in [7, 11) is 40.5. The second kappa shape index (κ2) is 141. The summed E-state index contributed by atoms with van der Waals surface area (Å²) in [6, 6.07) is 0. The fourth-order valence-corrected chi connectivity index (χ4v) is 13.0. The summed E-state index contributed by atoms with van der Waals surface area (Å²) >= 11 is 0. The number of rotatable bonds is 46. The van der Waals surface area contributed by atoms with E-state index in [0.29, 0.717) is 36.3 Å². The van der Waals surface area contributed by atoms with Crippen molar-refractivity contribution in [3.05, 3.63) is 0 Å². The molecule has 858 valence electrons. The maximum absolute atomic E-state index is 5.64. The Morgan fingerprint density at radius 1 is 0.242 bits per heavy atom. The summed E-state index contributed by atoms with van der Waals surface area (Å²) in [5, 5.41) is 0. The van der Waals surface area contributed by atoms with Crippen molar-refractivity contribution < 1.29 is 48.7 Å². The Morgan fingerprint density at radius 3 is 0.712 bits per heavy atom. The predicted molar refractivity (Wildman–Crippen MR) is 679 cm³/mol. The van der Waals surface area contributed by atoms with Gasteiger partial charge in [-0.25, -0.2) is 0 Å². The van der Waals surface area contributed by atoms with Gasteiger partial charge in [-0.3, -0.25) is 0 Å². The monoisotopic (exact) mass is 2130 g/mol. The zero-order chi connectivity index (χ0) is 89.6. The zero-order valence-corrected chi connectivity index (χ0v) is 107. The van der Waals surface area contributed by atoms with Crippen LogP contribution in [0.15, 0.2) is 0 Å². The number of likely N-dealkylation sites (N-methyl/N-ethyl adjacent to an activating group) is 9. The third-order valence-electron chi connectivity index (χ3n) is 19.8. The minimum absolute atomic E-state index is 0. The molecule has 0 aromatic rings. The van der Waals surface area contributed by atoms with Gasteiger partial charge in [-0.05, 0) is 286 Å². The second-order valence-electron chi connectivity index (χ2n) is 34.6. The lowest BCUT2D eigenvalue weighted by Gasteiger charge is -2.33. The standard InChI is InChI=1S/C9H23NOSi.2C8H21NOSi.5C7H19NOSi.2C6H17NOSi.C5H15NOSi.22CH4/c1-6-10(5)7-8(2)9(3,4)11-12;1-5-8(6-2,10-11)7-9(3)4;1-5-9(6-2)7-8(3,4)10-11;1-7(2,9-10)5-6-8(3)4;1-6(2)7(9-10)5-8(3)4;1-5-7(2,9-10)6-8(3)4;1-5-8(4)6-7(2,3)9-10;1-4-8(5-2)6-7(3)9-10;1-6(2,8-9)5-7(3)4;1-4-7(3)5-6(2)8-9;1-5(7-8)4-6(2)3;;;;;;;;;;;;;;;;;;;;;;/h8H,6-7H2,1-5,12H3;2*5-7H2,1-4,11H3;5-6H2,1-4,10H3;6-7H,5H2,1-4,10H3;2*5-6H2,1-4,10H3;7H,4-6H2,1-3,10H3;5H2,1-4,9H3;6H,4-5H2,1-3,9H3;5H,4H2,1-3,8H3;22*1H4. The van der Waals surface area contributed by atoms with Crippen LogP contribution in [0, 0.1) is 11.8 Å². The molecule has 6 atom stereocenters. The summed E-state index contributed by atoms with van der Waals surface area (Å²) in [6.45, 7) is 77.7. The molecule has 0 aliphatic rings. The fourth-order valence-electron chi connectivity index (χ4n) is 9.78. The van der Waals surface area contributed by atoms with Gasteiger partial charge in [0.05, 0.1) is 63.6 Å². The highest BCUT2D eigenvalue weighted by atomic mass is 28.2. The first-order chi connectivity index (χ1) is 50.3. The molecule has 0 aliphatic heterocycles. The van der Waals surface area contributed by atoms with Gasteiger partial charge in [-0.2, -0.15) is 0 Å². The van der Waals surface area contributed by atoms with Crippen LogP contribution in [0.1, 0.15) is 376 Å². The Balaban J connectivity index is -0.0000000259. The van der Waals surface area contributed by atoms with E-state index in [0.717, 1.165) is 259 Å². The van der Waals surface area contributed by atoms with Crippen molar-refractivity contribution in [1.82, 2.24) is 53.9 Å². The summed E-state index contributed by atoms with van der Waals surface area (Å²) in [5.41, 5.74) is 0.530. The van der Waals surface area contributed by atoms with Gasteiger partial charge in [0.25, 0.3) is 0 Å². The van der Waals surface area contributed by atoms with E-state index in [1.165, 1.54) is 0 Å². The summed E-state index contributed by atoms with van der Waals surface area (Å²) in [6.07, 6.45) is 6.13. The van der Waals surface area contributed by atoms with Crippen molar-refractivity contribution in [3.63, 3.8) is 0 Å². The molecule has 132 heavy (non-hydrogen) atoms. The quantitative estimate of drug-likeness (QED) is 0.0534. The Kier molecular flexibility index (Phi) is 248. The zero-order valence-electron chi connectivity index (χ0n) is 84.9. The lowest BCUT2D eigenvalue weighted by atomic mass is 9.92. The molecule has 0 saturated heterocycles. The smallest absolute Gasteiger partial charge is 0.146 e. The molecule has 0 spiro atoms. The van der Waals surface area contributed by atoms with Gasteiger partial charge in [0.1, 0.15) is 115 Å². The van der Waals surface area contributed by atoms with Crippen molar-refractivity contribution in [2.75, 3.05) is 224 Å². The minimum Gasteiger partial charge on any atom is -0.424 e. The molecule has 6 unspecified atom stereocenters. The lowest BCUT2D eigenvalue weighted by Crippen LogP contribution is -2.41. The van der Waals surface area contributed by atoms with E-state index in [-0.39, 0.29) is 203 Å². The molecule has 0 aromatic carbocycles. The third kappa shape index (κ3) is 171. The van der Waals surface area contributed by atoms with Gasteiger partial charge in [-0.1, -0.05) is 253 Å². The van der Waals surface area contributed by atoms with Crippen molar-refractivity contribution in [1.29, 1.82) is 0 Å². The average Bonchev–Trinajstić information content (AvgIpc) is 0.890. The van der Waals surface area contributed by atoms with E-state index in [2.05, 4.69) is 347 Å². The maximum atomic E-state index is 5.64. The first-order valence-corrected chi connectivity index (χ1v) is 50.6. The highest BCUT2D eigenvalue weighted by molar-refractivity contribution is 6.00. The SMILES string of the molecule is C.C.C.C.C.C.C.C.C.C.C.C.C.C.C.C.C.C.C.C.C.C.CC(C)C(CN(C)C)O[SiH3].CC(CN(C)C)O[SiH3].CCC(C)(CN(C)C)O[SiH3].CCC(CC)(CN(C)C)O[SiH3].CCN(C)CC(C)(C)O[SiH3].CCN(C)CC(C)C(C)(C)O[SiH3].CCN(C)CC(C)O[SiH3].CCN(CC)CC(C)(C)O[SiH3].CCN(CC)CC(C)O[SiH3].CN(C)CC(C)(C)O[SiH3].CN(C)CCC(C)(C)O[SiH3]. The topological polar surface area (TPSA) is 137 Å². The van der Waals surface area contributed by atoms with E-state index in [1.807, 2.05) is 0 Å². The van der Waals surface area contributed by atoms with E-state index in [1.54, 1.807) is 0 Å². The molecule has 0 heterocycles. The van der Waals surface area contributed by atoms with Crippen LogP contribution in [0.4, 0.5) is 0 Å². The van der Waals surface area contributed by atoms with Crippen LogP contribution < -0.4 is 0 Å². The first kappa shape index (κ1) is 232. The molecule has 33 heteroatoms. The molecule has 0 fully saturated rings. The third-order valence-corrected chi connectivity index (χ3v) is 30.1. The van der Waals surface area contributed by atoms with Gasteiger partial charge >= 0.3 is 0 Å². The van der Waals surface area contributed by atoms with Gasteiger partial charge in [0.15, 0.2) is 0 Å². The van der Waals surface area contributed by atoms with Crippen molar-refractivity contribution in [2.45, 2.75) is 440 Å². The number of nitrogens with zero attached hydrogens (tertiary/aromatic N) is 11. The minimum atomic E-state index is 0. The van der Waals surface area contributed by atoms with Crippen LogP contribution in [0.5, 0.6) is 0 Å². The molecule has 0 aliphatic carbocycles. The molecule has 0 saturated carbocycles. The fraction of sp³-hybridized carbons (Fsp3) is 1.00. The molecule has 22 nitrogen and oxygen atoms in total.